The van der Waals surface area contributed by atoms with Crippen LogP contribution in [0.5, 0.6) is 0 Å². The molecule has 0 bridgehead atoms. The Bertz CT molecular complexity index is 741. The molecular weight excluding hydrogens is 338 g/mol. The third-order valence-electron chi connectivity index (χ3n) is 5.28. The van der Waals surface area contributed by atoms with E-state index in [1.807, 2.05) is 72.5 Å². The van der Waals surface area contributed by atoms with E-state index in [2.05, 4.69) is 10.6 Å². The summed E-state index contributed by atoms with van der Waals surface area (Å²) in [5.41, 5.74) is 1.91. The van der Waals surface area contributed by atoms with E-state index in [0.29, 0.717) is 25.6 Å². The van der Waals surface area contributed by atoms with Crippen molar-refractivity contribution in [2.24, 2.45) is 11.8 Å². The number of urea groups is 1. The molecule has 142 valence electrons. The molecule has 1 fully saturated rings. The zero-order valence-corrected chi connectivity index (χ0v) is 15.7. The van der Waals surface area contributed by atoms with Gasteiger partial charge in [-0.2, -0.15) is 0 Å². The van der Waals surface area contributed by atoms with Gasteiger partial charge in [-0.3, -0.25) is 4.79 Å². The number of carbonyl (C=O) groups excluding carboxylic acids is 2. The van der Waals surface area contributed by atoms with Gasteiger partial charge in [-0.25, -0.2) is 4.79 Å². The number of benzene rings is 2. The van der Waals surface area contributed by atoms with E-state index < -0.39 is 0 Å². The summed E-state index contributed by atoms with van der Waals surface area (Å²) in [7, 11) is 0. The molecule has 0 saturated carbocycles. The van der Waals surface area contributed by atoms with Gasteiger partial charge in [0.15, 0.2) is 0 Å². The van der Waals surface area contributed by atoms with Gasteiger partial charge in [-0.15, -0.1) is 0 Å². The molecule has 1 aliphatic heterocycles. The highest BCUT2D eigenvalue weighted by Gasteiger charge is 2.29. The van der Waals surface area contributed by atoms with Crippen LogP contribution in [0.15, 0.2) is 60.7 Å². The molecule has 0 radical (unpaired) electrons. The molecular formula is C22H27N3O2. The number of carbonyl (C=O) groups is 2. The second-order valence-electron chi connectivity index (χ2n) is 7.11. The molecule has 2 N–H and O–H groups in total. The molecule has 1 aliphatic rings. The van der Waals surface area contributed by atoms with Gasteiger partial charge in [0.25, 0.3) is 0 Å². The number of likely N-dealkylation sites (tertiary alicyclic amines) is 1. The van der Waals surface area contributed by atoms with Crippen LogP contribution in [0.4, 0.5) is 10.5 Å². The molecule has 0 aliphatic carbocycles. The van der Waals surface area contributed by atoms with E-state index in [1.54, 1.807) is 0 Å². The molecule has 2 aromatic rings. The Morgan fingerprint density at radius 2 is 1.59 bits per heavy atom. The van der Waals surface area contributed by atoms with E-state index in [1.165, 1.54) is 0 Å². The van der Waals surface area contributed by atoms with Crippen LogP contribution >= 0.6 is 0 Å². The Balaban J connectivity index is 1.43. The van der Waals surface area contributed by atoms with E-state index in [9.17, 15) is 9.59 Å². The van der Waals surface area contributed by atoms with E-state index in [-0.39, 0.29) is 17.9 Å². The van der Waals surface area contributed by atoms with Crippen LogP contribution < -0.4 is 10.6 Å². The third-order valence-corrected chi connectivity index (χ3v) is 5.28. The number of piperidine rings is 1. The minimum absolute atomic E-state index is 0.0481. The number of hydrogen-bond acceptors (Lipinski definition) is 2. The van der Waals surface area contributed by atoms with Crippen LogP contribution in [-0.2, 0) is 11.3 Å². The lowest BCUT2D eigenvalue weighted by atomic mass is 9.85. The maximum absolute atomic E-state index is 12.5. The average Bonchev–Trinajstić information content (AvgIpc) is 2.73. The van der Waals surface area contributed by atoms with Crippen LogP contribution in [0.2, 0.25) is 0 Å². The van der Waals surface area contributed by atoms with Crippen molar-refractivity contribution in [2.45, 2.75) is 26.3 Å². The molecule has 27 heavy (non-hydrogen) atoms. The standard InChI is InChI=1S/C22H27N3O2/c1-17(21(26)23-16-18-8-4-2-5-9-18)19-12-14-25(15-13-19)22(27)24-20-10-6-3-7-11-20/h2-11,17,19H,12-16H2,1H3,(H,23,26)(H,24,27). The smallest absolute Gasteiger partial charge is 0.321 e. The second kappa shape index (κ2) is 9.21. The topological polar surface area (TPSA) is 61.4 Å². The Hall–Kier alpha value is -2.82. The minimum Gasteiger partial charge on any atom is -0.352 e. The molecule has 5 nitrogen and oxygen atoms in total. The lowest BCUT2D eigenvalue weighted by molar-refractivity contribution is -0.126. The zero-order valence-electron chi connectivity index (χ0n) is 15.7. The van der Waals surface area contributed by atoms with Crippen LogP contribution in [0, 0.1) is 11.8 Å². The maximum Gasteiger partial charge on any atom is 0.321 e. The van der Waals surface area contributed by atoms with Crippen LogP contribution in [0.1, 0.15) is 25.3 Å². The predicted octanol–water partition coefficient (Wildman–Crippen LogP) is 3.88. The van der Waals surface area contributed by atoms with E-state index in [4.69, 9.17) is 0 Å². The average molecular weight is 365 g/mol. The van der Waals surface area contributed by atoms with Crippen molar-refractivity contribution < 1.29 is 9.59 Å². The highest BCUT2D eigenvalue weighted by molar-refractivity contribution is 5.89. The maximum atomic E-state index is 12.5. The van der Waals surface area contributed by atoms with Crippen molar-refractivity contribution in [3.63, 3.8) is 0 Å². The minimum atomic E-state index is -0.0687. The number of anilines is 1. The highest BCUT2D eigenvalue weighted by Crippen LogP contribution is 2.25. The second-order valence-corrected chi connectivity index (χ2v) is 7.11. The van der Waals surface area contributed by atoms with Gasteiger partial charge in [-0.1, -0.05) is 55.5 Å². The van der Waals surface area contributed by atoms with Crippen LogP contribution in [0.25, 0.3) is 0 Å². The Kier molecular flexibility index (Phi) is 6.47. The lowest BCUT2D eigenvalue weighted by Gasteiger charge is -2.34. The molecule has 0 aromatic heterocycles. The summed E-state index contributed by atoms with van der Waals surface area (Å²) in [4.78, 5) is 26.7. The zero-order chi connectivity index (χ0) is 19.1. The van der Waals surface area contributed by atoms with Gasteiger partial charge in [-0.05, 0) is 36.5 Å². The summed E-state index contributed by atoms with van der Waals surface area (Å²) in [5.74, 6) is 0.348. The molecule has 3 amide bonds. The molecule has 3 rings (SSSR count). The van der Waals surface area contributed by atoms with Crippen LogP contribution in [0.3, 0.4) is 0 Å². The monoisotopic (exact) mass is 365 g/mol. The fourth-order valence-corrected chi connectivity index (χ4v) is 3.49. The first kappa shape index (κ1) is 19.0. The molecule has 2 aromatic carbocycles. The van der Waals surface area contributed by atoms with E-state index >= 15 is 0 Å². The van der Waals surface area contributed by atoms with E-state index in [0.717, 1.165) is 24.1 Å². The van der Waals surface area contributed by atoms with Gasteiger partial charge in [0.2, 0.25) is 5.91 Å². The van der Waals surface area contributed by atoms with Crippen molar-refractivity contribution in [3.8, 4) is 0 Å². The highest BCUT2D eigenvalue weighted by atomic mass is 16.2. The van der Waals surface area contributed by atoms with Crippen molar-refractivity contribution in [3.05, 3.63) is 66.2 Å². The number of rotatable bonds is 5. The summed E-state index contributed by atoms with van der Waals surface area (Å²) in [5, 5.41) is 5.96. The number of nitrogens with one attached hydrogen (secondary N) is 2. The third kappa shape index (κ3) is 5.33. The molecule has 1 heterocycles. The van der Waals surface area contributed by atoms with Gasteiger partial charge in [0.05, 0.1) is 0 Å². The normalized spacial score (nSPS) is 15.8. The van der Waals surface area contributed by atoms with Crippen molar-refractivity contribution >= 4 is 17.6 Å². The predicted molar refractivity (Wildman–Crippen MR) is 107 cm³/mol. The molecule has 0 spiro atoms. The van der Waals surface area contributed by atoms with Gasteiger partial charge < -0.3 is 15.5 Å². The van der Waals surface area contributed by atoms with Gasteiger partial charge in [0.1, 0.15) is 0 Å². The summed E-state index contributed by atoms with van der Waals surface area (Å²) in [6.07, 6.45) is 1.70. The molecule has 1 unspecified atom stereocenters. The SMILES string of the molecule is CC(C(=O)NCc1ccccc1)C1CCN(C(=O)Nc2ccccc2)CC1. The first-order valence-corrected chi connectivity index (χ1v) is 9.56. The number of amides is 3. The van der Waals surface area contributed by atoms with Crippen molar-refractivity contribution in [1.29, 1.82) is 0 Å². The number of para-hydroxylation sites is 1. The summed E-state index contributed by atoms with van der Waals surface area (Å²) >= 11 is 0. The number of nitrogens with zero attached hydrogens (tertiary/aromatic N) is 1. The summed E-state index contributed by atoms with van der Waals surface area (Å²) in [6.45, 7) is 3.91. The fraction of sp³-hybridized carbons (Fsp3) is 0.364. The quantitative estimate of drug-likeness (QED) is 0.845. The Labute approximate surface area is 160 Å². The largest absolute Gasteiger partial charge is 0.352 e. The molecule has 5 heteroatoms. The summed E-state index contributed by atoms with van der Waals surface area (Å²) < 4.78 is 0. The summed E-state index contributed by atoms with van der Waals surface area (Å²) in [6, 6.07) is 19.3. The Morgan fingerprint density at radius 1 is 1.00 bits per heavy atom. The Morgan fingerprint density at radius 3 is 2.22 bits per heavy atom. The van der Waals surface area contributed by atoms with Crippen molar-refractivity contribution in [1.82, 2.24) is 10.2 Å². The van der Waals surface area contributed by atoms with Crippen LogP contribution in [-0.4, -0.2) is 29.9 Å². The number of hydrogen-bond donors (Lipinski definition) is 2. The first-order valence-electron chi connectivity index (χ1n) is 9.56. The first-order chi connectivity index (χ1) is 13.1. The fourth-order valence-electron chi connectivity index (χ4n) is 3.49. The van der Waals surface area contributed by atoms with Gasteiger partial charge >= 0.3 is 6.03 Å². The van der Waals surface area contributed by atoms with Crippen molar-refractivity contribution in [2.75, 3.05) is 18.4 Å². The lowest BCUT2D eigenvalue weighted by Crippen LogP contribution is -2.44. The molecule has 1 saturated heterocycles. The van der Waals surface area contributed by atoms with Gasteiger partial charge in [0, 0.05) is 31.2 Å². The molecule has 1 atom stereocenters.